The molecule has 4 nitrogen and oxygen atoms in total. The van der Waals surface area contributed by atoms with Crippen LogP contribution in [0.1, 0.15) is 22.5 Å². The summed E-state index contributed by atoms with van der Waals surface area (Å²) < 4.78 is 0. The second-order valence-corrected chi connectivity index (χ2v) is 7.43. The van der Waals surface area contributed by atoms with Crippen LogP contribution in [0.2, 0.25) is 10.0 Å². The number of rotatable bonds is 0. The second-order valence-electron chi connectivity index (χ2n) is 6.56. The van der Waals surface area contributed by atoms with E-state index in [2.05, 4.69) is 9.97 Å². The minimum absolute atomic E-state index is 0.0249. The molecule has 2 heterocycles. The Bertz CT molecular complexity index is 1250. The van der Waals surface area contributed by atoms with Gasteiger partial charge in [-0.3, -0.25) is 9.59 Å². The van der Waals surface area contributed by atoms with E-state index in [0.717, 1.165) is 11.4 Å². The number of benzene rings is 2. The Morgan fingerprint density at radius 1 is 0.692 bits per heavy atom. The lowest BCUT2D eigenvalue weighted by Crippen LogP contribution is -2.25. The molecular formula is C20H12Cl2N2O2. The molecule has 6 heteroatoms. The molecule has 0 radical (unpaired) electrons. The van der Waals surface area contributed by atoms with Gasteiger partial charge in [-0.1, -0.05) is 23.2 Å². The largest absolute Gasteiger partial charge is 0.358 e. The quantitative estimate of drug-likeness (QED) is 0.422. The molecule has 0 spiro atoms. The fraction of sp³-hybridized carbons (Fsp3) is 0.100. The Hall–Kier alpha value is -2.56. The summed E-state index contributed by atoms with van der Waals surface area (Å²) in [6.45, 7) is 0. The number of hydrogen-bond acceptors (Lipinski definition) is 2. The summed E-state index contributed by atoms with van der Waals surface area (Å²) in [4.78, 5) is 32.4. The van der Waals surface area contributed by atoms with Crippen molar-refractivity contribution < 1.29 is 0 Å². The first-order valence-corrected chi connectivity index (χ1v) is 8.93. The molecule has 2 aromatic heterocycles. The Morgan fingerprint density at radius 3 is 1.54 bits per heavy atom. The first-order valence-electron chi connectivity index (χ1n) is 8.18. The highest BCUT2D eigenvalue weighted by Crippen LogP contribution is 2.26. The van der Waals surface area contributed by atoms with Gasteiger partial charge in [-0.2, -0.15) is 0 Å². The smallest absolute Gasteiger partial charge is 0.193 e. The number of aromatic nitrogens is 2. The van der Waals surface area contributed by atoms with Crippen LogP contribution < -0.4 is 10.9 Å². The molecule has 26 heavy (non-hydrogen) atoms. The van der Waals surface area contributed by atoms with Gasteiger partial charge in [0.15, 0.2) is 10.9 Å². The molecule has 0 bridgehead atoms. The molecule has 0 saturated carbocycles. The first-order chi connectivity index (χ1) is 12.5. The van der Waals surface area contributed by atoms with E-state index in [0.29, 0.717) is 55.8 Å². The molecule has 4 aromatic rings. The molecular weight excluding hydrogens is 371 g/mol. The van der Waals surface area contributed by atoms with Crippen molar-refractivity contribution in [2.75, 3.05) is 0 Å². The second kappa shape index (κ2) is 5.47. The molecule has 128 valence electrons. The molecule has 2 aromatic carbocycles. The van der Waals surface area contributed by atoms with Gasteiger partial charge < -0.3 is 9.97 Å². The maximum atomic E-state index is 12.9. The molecule has 5 rings (SSSR count). The SMILES string of the molecule is O=c1c2c([nH]c3cc(Cl)ccc13)Cc1c([nH]c3cc(Cl)ccc3c1=O)C2. The lowest BCUT2D eigenvalue weighted by Gasteiger charge is -2.20. The van der Waals surface area contributed by atoms with Crippen molar-refractivity contribution >= 4 is 45.0 Å². The van der Waals surface area contributed by atoms with Crippen LogP contribution in [0.25, 0.3) is 21.8 Å². The number of aromatic amines is 2. The first kappa shape index (κ1) is 15.7. The van der Waals surface area contributed by atoms with Crippen LogP contribution in [0.5, 0.6) is 0 Å². The predicted molar refractivity (Wildman–Crippen MR) is 105 cm³/mol. The zero-order chi connectivity index (χ0) is 18.0. The van der Waals surface area contributed by atoms with E-state index in [1.807, 2.05) is 0 Å². The van der Waals surface area contributed by atoms with Gasteiger partial charge in [0.25, 0.3) is 0 Å². The zero-order valence-corrected chi connectivity index (χ0v) is 15.0. The molecule has 0 atom stereocenters. The van der Waals surface area contributed by atoms with Crippen molar-refractivity contribution in [3.05, 3.63) is 89.4 Å². The topological polar surface area (TPSA) is 65.7 Å². The average molecular weight is 383 g/mol. The maximum Gasteiger partial charge on any atom is 0.193 e. The number of halogens is 2. The predicted octanol–water partition coefficient (Wildman–Crippen LogP) is 4.17. The molecule has 1 aliphatic carbocycles. The monoisotopic (exact) mass is 382 g/mol. The molecule has 0 saturated heterocycles. The minimum atomic E-state index is -0.0249. The Morgan fingerprint density at radius 2 is 1.12 bits per heavy atom. The molecule has 0 amide bonds. The van der Waals surface area contributed by atoms with Crippen molar-refractivity contribution in [2.45, 2.75) is 12.8 Å². The Kier molecular flexibility index (Phi) is 3.30. The van der Waals surface area contributed by atoms with Crippen LogP contribution in [0, 0.1) is 0 Å². The fourth-order valence-corrected chi connectivity index (χ4v) is 4.08. The van der Waals surface area contributed by atoms with E-state index >= 15 is 0 Å². The summed E-state index contributed by atoms with van der Waals surface area (Å²) in [5.74, 6) is 0. The highest BCUT2D eigenvalue weighted by Gasteiger charge is 2.23. The van der Waals surface area contributed by atoms with E-state index in [-0.39, 0.29) is 10.9 Å². The highest BCUT2D eigenvalue weighted by molar-refractivity contribution is 6.31. The number of nitrogens with one attached hydrogen (secondary N) is 2. The van der Waals surface area contributed by atoms with Crippen molar-refractivity contribution in [1.82, 2.24) is 9.97 Å². The molecule has 0 unspecified atom stereocenters. The number of pyridine rings is 2. The van der Waals surface area contributed by atoms with Crippen LogP contribution >= 0.6 is 23.2 Å². The van der Waals surface area contributed by atoms with Crippen LogP contribution in [0.4, 0.5) is 0 Å². The highest BCUT2D eigenvalue weighted by atomic mass is 35.5. The Labute approximate surface area is 157 Å². The van der Waals surface area contributed by atoms with Gasteiger partial charge in [0, 0.05) is 56.2 Å². The van der Waals surface area contributed by atoms with Crippen molar-refractivity contribution in [3.63, 3.8) is 0 Å². The van der Waals surface area contributed by atoms with E-state index in [4.69, 9.17) is 23.2 Å². The zero-order valence-electron chi connectivity index (χ0n) is 13.5. The summed E-state index contributed by atoms with van der Waals surface area (Å²) in [5, 5.41) is 2.32. The molecule has 0 fully saturated rings. The van der Waals surface area contributed by atoms with Crippen molar-refractivity contribution in [3.8, 4) is 0 Å². The van der Waals surface area contributed by atoms with E-state index < -0.39 is 0 Å². The van der Waals surface area contributed by atoms with Crippen LogP contribution in [-0.4, -0.2) is 9.97 Å². The number of fused-ring (bicyclic) bond motifs is 4. The van der Waals surface area contributed by atoms with Crippen LogP contribution in [-0.2, 0) is 12.8 Å². The summed E-state index contributed by atoms with van der Waals surface area (Å²) in [5.41, 5.74) is 4.24. The van der Waals surface area contributed by atoms with Crippen LogP contribution in [0.3, 0.4) is 0 Å². The fourth-order valence-electron chi connectivity index (χ4n) is 3.74. The van der Waals surface area contributed by atoms with Crippen molar-refractivity contribution in [2.24, 2.45) is 0 Å². The van der Waals surface area contributed by atoms with E-state index in [9.17, 15) is 9.59 Å². The van der Waals surface area contributed by atoms with Gasteiger partial charge in [-0.05, 0) is 36.4 Å². The molecule has 2 N–H and O–H groups in total. The lowest BCUT2D eigenvalue weighted by atomic mass is 9.90. The maximum absolute atomic E-state index is 12.9. The average Bonchev–Trinajstić information content (AvgIpc) is 2.61. The minimum Gasteiger partial charge on any atom is -0.358 e. The van der Waals surface area contributed by atoms with E-state index in [1.54, 1.807) is 36.4 Å². The van der Waals surface area contributed by atoms with Gasteiger partial charge in [0.05, 0.1) is 11.0 Å². The van der Waals surface area contributed by atoms with Crippen LogP contribution in [0.15, 0.2) is 46.0 Å². The number of hydrogen-bond donors (Lipinski definition) is 2. The number of H-pyrrole nitrogens is 2. The van der Waals surface area contributed by atoms with Gasteiger partial charge in [-0.15, -0.1) is 0 Å². The summed E-state index contributed by atoms with van der Waals surface area (Å²) in [6, 6.07) is 10.4. The van der Waals surface area contributed by atoms with Gasteiger partial charge in [0.1, 0.15) is 0 Å². The van der Waals surface area contributed by atoms with Gasteiger partial charge in [-0.25, -0.2) is 0 Å². The third kappa shape index (κ3) is 2.23. The normalized spacial score (nSPS) is 13.0. The summed E-state index contributed by atoms with van der Waals surface area (Å²) in [6.07, 6.45) is 0.770. The van der Waals surface area contributed by atoms with Gasteiger partial charge >= 0.3 is 0 Å². The van der Waals surface area contributed by atoms with E-state index in [1.165, 1.54) is 0 Å². The molecule has 0 aliphatic heterocycles. The van der Waals surface area contributed by atoms with Gasteiger partial charge in [0.2, 0.25) is 0 Å². The third-order valence-corrected chi connectivity index (χ3v) is 5.48. The van der Waals surface area contributed by atoms with Crippen molar-refractivity contribution in [1.29, 1.82) is 0 Å². The lowest BCUT2D eigenvalue weighted by molar-refractivity contribution is 0.905. The molecule has 1 aliphatic rings. The third-order valence-electron chi connectivity index (χ3n) is 5.01. The Balaban J connectivity index is 1.79. The standard InChI is InChI=1S/C20H12Cl2N2O2/c21-9-1-3-11-15(5-9)23-17-8-14-18(7-13(17)19(11)25)24-16-6-10(22)2-4-12(16)20(14)26/h1-6H,7-8H2,(H,23,25)(H,24,26). The summed E-state index contributed by atoms with van der Waals surface area (Å²) >= 11 is 12.1. The summed E-state index contributed by atoms with van der Waals surface area (Å²) in [7, 11) is 0.